The van der Waals surface area contributed by atoms with Crippen LogP contribution in [-0.4, -0.2) is 60.9 Å². The van der Waals surface area contributed by atoms with E-state index in [4.69, 9.17) is 0 Å². The zero-order valence-electron chi connectivity index (χ0n) is 24.1. The van der Waals surface area contributed by atoms with Gasteiger partial charge in [0, 0.05) is 61.3 Å². The molecule has 4 aromatic rings. The molecule has 1 unspecified atom stereocenters. The van der Waals surface area contributed by atoms with Crippen LogP contribution in [0.3, 0.4) is 0 Å². The molecule has 6 nitrogen and oxygen atoms in total. The molecule has 216 valence electrons. The zero-order valence-corrected chi connectivity index (χ0v) is 24.9. The number of phenolic OH excluding ortho intramolecular Hbond substituents is 4. The van der Waals surface area contributed by atoms with Gasteiger partial charge in [-0.2, -0.15) is 11.8 Å². The average molecular weight is 581 g/mol. The Morgan fingerprint density at radius 2 is 1.67 bits per heavy atom. The minimum Gasteiger partial charge on any atom is -0.508 e. The van der Waals surface area contributed by atoms with Crippen molar-refractivity contribution < 1.29 is 20.4 Å². The van der Waals surface area contributed by atoms with Crippen LogP contribution >= 0.6 is 11.8 Å². The molecule has 2 atom stereocenters. The lowest BCUT2D eigenvalue weighted by Gasteiger charge is -2.30. The van der Waals surface area contributed by atoms with Crippen LogP contribution in [0.1, 0.15) is 37.6 Å². The summed E-state index contributed by atoms with van der Waals surface area (Å²) in [7, 11) is 0. The van der Waals surface area contributed by atoms with Crippen LogP contribution in [-0.2, 0) is 11.8 Å². The highest BCUT2D eigenvalue weighted by atomic mass is 32.2. The van der Waals surface area contributed by atoms with Crippen molar-refractivity contribution in [3.63, 3.8) is 0 Å². The van der Waals surface area contributed by atoms with E-state index >= 15 is 0 Å². The van der Waals surface area contributed by atoms with Gasteiger partial charge >= 0.3 is 0 Å². The number of hydrogen-bond donors (Lipinski definition) is 4. The molecule has 0 fully saturated rings. The van der Waals surface area contributed by atoms with Crippen LogP contribution in [0, 0.1) is 0 Å². The topological polar surface area (TPSA) is 97.1 Å². The molecule has 0 amide bonds. The summed E-state index contributed by atoms with van der Waals surface area (Å²) in [5, 5.41) is 48.3. The largest absolute Gasteiger partial charge is 0.508 e. The molecule has 42 heavy (non-hydrogen) atoms. The number of fused-ring (bicyclic) bond motifs is 5. The van der Waals surface area contributed by atoms with Crippen LogP contribution in [0.4, 0.5) is 0 Å². The van der Waals surface area contributed by atoms with Crippen molar-refractivity contribution in [3.8, 4) is 23.0 Å². The molecule has 0 aliphatic heterocycles. The molecule has 4 N–H and O–H groups in total. The molecule has 6 rings (SSSR count). The van der Waals surface area contributed by atoms with Gasteiger partial charge in [-0.3, -0.25) is 4.98 Å². The normalized spacial score (nSPS) is 19.4. The van der Waals surface area contributed by atoms with Crippen molar-refractivity contribution in [2.45, 2.75) is 37.9 Å². The van der Waals surface area contributed by atoms with E-state index < -0.39 is 5.41 Å². The molecule has 2 aliphatic carbocycles. The fourth-order valence-corrected chi connectivity index (χ4v) is 8.04. The van der Waals surface area contributed by atoms with Crippen molar-refractivity contribution in [1.82, 2.24) is 9.88 Å². The zero-order chi connectivity index (χ0) is 29.6. The van der Waals surface area contributed by atoms with Gasteiger partial charge in [-0.25, -0.2) is 0 Å². The van der Waals surface area contributed by atoms with Gasteiger partial charge in [0.05, 0.1) is 5.69 Å². The maximum atomic E-state index is 11.9. The number of allylic oxidation sites excluding steroid dienone is 3. The summed E-state index contributed by atoms with van der Waals surface area (Å²) in [6.45, 7) is 9.23. The first kappa shape index (κ1) is 28.2. The summed E-state index contributed by atoms with van der Waals surface area (Å²) in [4.78, 5) is 6.98. The highest BCUT2D eigenvalue weighted by Crippen LogP contribution is 2.54. The van der Waals surface area contributed by atoms with Crippen molar-refractivity contribution in [2.24, 2.45) is 0 Å². The first-order chi connectivity index (χ1) is 20.3. The number of aromatic nitrogens is 1. The highest BCUT2D eigenvalue weighted by Gasteiger charge is 2.48. The average Bonchev–Trinajstić information content (AvgIpc) is 3.53. The van der Waals surface area contributed by atoms with Crippen molar-refractivity contribution in [2.75, 3.05) is 25.4 Å². The van der Waals surface area contributed by atoms with Crippen molar-refractivity contribution in [1.29, 1.82) is 0 Å². The van der Waals surface area contributed by atoms with E-state index in [0.717, 1.165) is 54.0 Å². The minimum atomic E-state index is -0.747. The molecule has 0 saturated carbocycles. The van der Waals surface area contributed by atoms with Gasteiger partial charge in [0.1, 0.15) is 23.0 Å². The van der Waals surface area contributed by atoms with Crippen LogP contribution in [0.5, 0.6) is 23.0 Å². The van der Waals surface area contributed by atoms with Crippen molar-refractivity contribution >= 4 is 51.5 Å². The van der Waals surface area contributed by atoms with Crippen LogP contribution in [0.25, 0.3) is 39.8 Å². The van der Waals surface area contributed by atoms with Gasteiger partial charge in [-0.05, 0) is 67.7 Å². The van der Waals surface area contributed by atoms with E-state index in [1.54, 1.807) is 12.3 Å². The minimum absolute atomic E-state index is 0.0152. The SMILES string of the molecule is C/C=C/C=C/c1cc2cc3c(c(O)c2cn1)[C@@]1(C=c2c(O)c4ccc(O)cc4c(O)c2=C1)C(SCCN(CC)CC)C3. The molecule has 1 spiro atoms. The number of hydrogen-bond acceptors (Lipinski definition) is 7. The van der Waals surface area contributed by atoms with E-state index in [0.29, 0.717) is 26.6 Å². The Bertz CT molecular complexity index is 1890. The van der Waals surface area contributed by atoms with E-state index in [9.17, 15) is 20.4 Å². The Kier molecular flexibility index (Phi) is 7.41. The Balaban J connectivity index is 1.55. The summed E-state index contributed by atoms with van der Waals surface area (Å²) in [5.41, 5.74) is 1.92. The maximum absolute atomic E-state index is 11.9. The maximum Gasteiger partial charge on any atom is 0.131 e. The standard InChI is InChI=1S/C35H36N2O4S/c1-4-7-8-9-23-15-21-14-22-16-30(42-13-12-37(5-2)6-3)35(31(22)34(41)29(21)20-36-23)18-27-28(19-35)33(40)26-17-24(38)10-11-25(26)32(27)39/h4,7-11,14-15,17-20,30,38-41H,5-6,12-13,16H2,1-3H3/b7-4+,9-8+/t30?,35-/m1/s1. The van der Waals surface area contributed by atoms with Crippen molar-refractivity contribution in [3.05, 3.63) is 82.0 Å². The van der Waals surface area contributed by atoms with Gasteiger partial charge in [0.15, 0.2) is 0 Å². The molecule has 1 heterocycles. The first-order valence-electron chi connectivity index (χ1n) is 14.5. The van der Waals surface area contributed by atoms with Gasteiger partial charge < -0.3 is 25.3 Å². The molecule has 0 bridgehead atoms. The second kappa shape index (κ2) is 11.0. The second-order valence-electron chi connectivity index (χ2n) is 11.0. The van der Waals surface area contributed by atoms with Gasteiger partial charge in [-0.1, -0.05) is 50.3 Å². The number of benzene rings is 3. The summed E-state index contributed by atoms with van der Waals surface area (Å²) in [5.74, 6) is 1.19. The lowest BCUT2D eigenvalue weighted by Crippen LogP contribution is -2.31. The monoisotopic (exact) mass is 580 g/mol. The molecule has 1 aromatic heterocycles. The van der Waals surface area contributed by atoms with E-state index in [1.807, 2.05) is 61.2 Å². The third-order valence-electron chi connectivity index (χ3n) is 8.74. The molecule has 0 radical (unpaired) electrons. The van der Waals surface area contributed by atoms with Gasteiger partial charge in [0.2, 0.25) is 0 Å². The molecule has 3 aromatic carbocycles. The number of nitrogens with zero attached hydrogens (tertiary/aromatic N) is 2. The molecular formula is C35H36N2O4S. The summed E-state index contributed by atoms with van der Waals surface area (Å²) in [6.07, 6.45) is 14.3. The summed E-state index contributed by atoms with van der Waals surface area (Å²) < 4.78 is 0. The van der Waals surface area contributed by atoms with Gasteiger partial charge in [0.25, 0.3) is 0 Å². The highest BCUT2D eigenvalue weighted by molar-refractivity contribution is 8.00. The lowest BCUT2D eigenvalue weighted by atomic mass is 9.81. The van der Waals surface area contributed by atoms with Crippen LogP contribution < -0.4 is 10.4 Å². The van der Waals surface area contributed by atoms with E-state index in [2.05, 4.69) is 29.8 Å². The molecule has 7 heteroatoms. The predicted octanol–water partition coefficient (Wildman–Crippen LogP) is 5.31. The molecular weight excluding hydrogens is 544 g/mol. The number of phenols is 4. The van der Waals surface area contributed by atoms with Gasteiger partial charge in [-0.15, -0.1) is 0 Å². The second-order valence-corrected chi connectivity index (χ2v) is 12.4. The Hall–Kier alpha value is -3.94. The first-order valence-corrected chi connectivity index (χ1v) is 15.6. The summed E-state index contributed by atoms with van der Waals surface area (Å²) in [6, 6.07) is 8.76. The fraction of sp³-hybridized carbons (Fsp3) is 0.286. The Labute approximate surface area is 249 Å². The third-order valence-corrected chi connectivity index (χ3v) is 10.1. The van der Waals surface area contributed by atoms with Crippen LogP contribution in [0.2, 0.25) is 0 Å². The van der Waals surface area contributed by atoms with Crippen LogP contribution in [0.15, 0.2) is 54.8 Å². The number of pyridine rings is 1. The van der Waals surface area contributed by atoms with E-state index in [-0.39, 0.29) is 28.2 Å². The molecule has 2 aliphatic rings. The quantitative estimate of drug-likeness (QED) is 0.166. The Morgan fingerprint density at radius 1 is 0.929 bits per heavy atom. The van der Waals surface area contributed by atoms with E-state index in [1.165, 1.54) is 12.1 Å². The number of aromatic hydroxyl groups is 4. The lowest BCUT2D eigenvalue weighted by molar-refractivity contribution is 0.323. The third kappa shape index (κ3) is 4.52. The fourth-order valence-electron chi connectivity index (χ4n) is 6.56. The number of thioether (sulfide) groups is 1. The number of rotatable bonds is 8. The predicted molar refractivity (Wildman–Crippen MR) is 174 cm³/mol. The molecule has 0 saturated heterocycles. The smallest absolute Gasteiger partial charge is 0.131 e. The Morgan fingerprint density at radius 3 is 2.38 bits per heavy atom. The summed E-state index contributed by atoms with van der Waals surface area (Å²) >= 11 is 1.86.